The van der Waals surface area contributed by atoms with Crippen LogP contribution in [0.1, 0.15) is 10.4 Å². The molecule has 2 aromatic heterocycles. The summed E-state index contributed by atoms with van der Waals surface area (Å²) in [6, 6.07) is 20.9. The smallest absolute Gasteiger partial charge is 0.344 e. The Hall–Kier alpha value is -4.39. The molecule has 0 aliphatic rings. The third-order valence-electron chi connectivity index (χ3n) is 4.87. The molecule has 0 saturated carbocycles. The topological polar surface area (TPSA) is 108 Å². The van der Waals surface area contributed by atoms with Crippen molar-refractivity contribution in [2.75, 3.05) is 5.32 Å². The highest BCUT2D eigenvalue weighted by Gasteiger charge is 2.11. The van der Waals surface area contributed by atoms with Crippen LogP contribution < -0.4 is 16.6 Å². The molecule has 3 aromatic carbocycles. The Morgan fingerprint density at radius 3 is 2.43 bits per heavy atom. The van der Waals surface area contributed by atoms with Crippen molar-refractivity contribution in [2.24, 2.45) is 0 Å². The van der Waals surface area contributed by atoms with E-state index in [1.807, 2.05) is 18.2 Å². The number of carbonyl (C=O) groups is 1. The van der Waals surface area contributed by atoms with Gasteiger partial charge in [-0.15, -0.1) is 0 Å². The van der Waals surface area contributed by atoms with Crippen molar-refractivity contribution in [2.45, 2.75) is 0 Å². The van der Waals surface area contributed by atoms with Crippen molar-refractivity contribution < 1.29 is 9.21 Å². The van der Waals surface area contributed by atoms with Crippen LogP contribution in [0, 0.1) is 0 Å². The number of H-pyrrole nitrogens is 2. The third-order valence-corrected chi connectivity index (χ3v) is 4.87. The van der Waals surface area contributed by atoms with Gasteiger partial charge in [-0.2, -0.15) is 0 Å². The molecule has 0 fully saturated rings. The molecule has 0 spiro atoms. The maximum Gasteiger partial charge on any atom is 0.344 e. The SMILES string of the molecule is O=C(Nc1ccc2[nH]c(=O)[nH]c2c1)c1ccc(-c2cc3ccccc3oc2=O)cc1. The number of imidazole rings is 1. The van der Waals surface area contributed by atoms with Gasteiger partial charge in [0.15, 0.2) is 0 Å². The van der Waals surface area contributed by atoms with Gasteiger partial charge >= 0.3 is 11.3 Å². The summed E-state index contributed by atoms with van der Waals surface area (Å²) in [5.74, 6) is -0.302. The summed E-state index contributed by atoms with van der Waals surface area (Å²) in [5, 5.41) is 3.63. The van der Waals surface area contributed by atoms with E-state index in [9.17, 15) is 14.4 Å². The average Bonchev–Trinajstić information content (AvgIpc) is 3.12. The van der Waals surface area contributed by atoms with Gasteiger partial charge in [0, 0.05) is 16.6 Å². The minimum atomic E-state index is -0.431. The summed E-state index contributed by atoms with van der Waals surface area (Å²) in [6.07, 6.45) is 0. The maximum absolute atomic E-state index is 12.6. The Labute approximate surface area is 169 Å². The van der Waals surface area contributed by atoms with Crippen molar-refractivity contribution in [3.05, 3.63) is 99.3 Å². The van der Waals surface area contributed by atoms with Crippen LogP contribution in [-0.2, 0) is 0 Å². The van der Waals surface area contributed by atoms with Gasteiger partial charge in [0.25, 0.3) is 5.91 Å². The van der Waals surface area contributed by atoms with Crippen LogP contribution in [0.3, 0.4) is 0 Å². The molecule has 2 heterocycles. The zero-order valence-electron chi connectivity index (χ0n) is 15.6. The number of benzene rings is 3. The molecule has 0 bridgehead atoms. The molecule has 3 N–H and O–H groups in total. The van der Waals surface area contributed by atoms with E-state index in [0.29, 0.717) is 39.0 Å². The number of nitrogens with one attached hydrogen (secondary N) is 3. The fourth-order valence-electron chi connectivity index (χ4n) is 3.38. The lowest BCUT2D eigenvalue weighted by atomic mass is 10.0. The van der Waals surface area contributed by atoms with Crippen LogP contribution >= 0.6 is 0 Å². The molecule has 5 rings (SSSR count). The number of fused-ring (bicyclic) bond motifs is 2. The normalized spacial score (nSPS) is 11.1. The first kappa shape index (κ1) is 17.7. The first-order chi connectivity index (χ1) is 14.6. The molecule has 5 aromatic rings. The van der Waals surface area contributed by atoms with E-state index < -0.39 is 5.63 Å². The highest BCUT2D eigenvalue weighted by Crippen LogP contribution is 2.22. The van der Waals surface area contributed by atoms with E-state index in [-0.39, 0.29) is 11.6 Å². The number of aromatic amines is 2. The van der Waals surface area contributed by atoms with Crippen LogP contribution in [0.15, 0.2) is 86.8 Å². The van der Waals surface area contributed by atoms with Gasteiger partial charge in [0.1, 0.15) is 5.58 Å². The minimum Gasteiger partial charge on any atom is -0.422 e. The number of amides is 1. The van der Waals surface area contributed by atoms with E-state index in [4.69, 9.17) is 4.42 Å². The third kappa shape index (κ3) is 3.18. The summed E-state index contributed by atoms with van der Waals surface area (Å²) < 4.78 is 5.38. The molecule has 0 aliphatic carbocycles. The average molecular weight is 397 g/mol. The van der Waals surface area contributed by atoms with E-state index in [1.54, 1.807) is 54.6 Å². The molecule has 7 nitrogen and oxygen atoms in total. The van der Waals surface area contributed by atoms with Crippen LogP contribution in [0.5, 0.6) is 0 Å². The summed E-state index contributed by atoms with van der Waals surface area (Å²) in [4.78, 5) is 41.6. The second kappa shape index (κ2) is 6.89. The van der Waals surface area contributed by atoms with Crippen LogP contribution in [0.4, 0.5) is 5.69 Å². The number of hydrogen-bond acceptors (Lipinski definition) is 4. The van der Waals surface area contributed by atoms with E-state index >= 15 is 0 Å². The molecule has 0 saturated heterocycles. The van der Waals surface area contributed by atoms with Crippen molar-refractivity contribution in [1.29, 1.82) is 0 Å². The van der Waals surface area contributed by atoms with Gasteiger partial charge in [-0.05, 0) is 48.0 Å². The Morgan fingerprint density at radius 1 is 0.833 bits per heavy atom. The highest BCUT2D eigenvalue weighted by atomic mass is 16.4. The molecule has 1 amide bonds. The number of aromatic nitrogens is 2. The molecule has 0 atom stereocenters. The van der Waals surface area contributed by atoms with Gasteiger partial charge in [-0.25, -0.2) is 9.59 Å². The Kier molecular flexibility index (Phi) is 4.07. The van der Waals surface area contributed by atoms with Gasteiger partial charge < -0.3 is 19.7 Å². The Balaban J connectivity index is 1.41. The monoisotopic (exact) mass is 397 g/mol. The number of para-hydroxylation sites is 1. The lowest BCUT2D eigenvalue weighted by Gasteiger charge is -2.07. The first-order valence-corrected chi connectivity index (χ1v) is 9.23. The van der Waals surface area contributed by atoms with Crippen LogP contribution in [0.25, 0.3) is 33.1 Å². The van der Waals surface area contributed by atoms with E-state index in [2.05, 4.69) is 15.3 Å². The quantitative estimate of drug-likeness (QED) is 0.402. The van der Waals surface area contributed by atoms with Gasteiger partial charge in [0.2, 0.25) is 0 Å². The van der Waals surface area contributed by atoms with E-state index in [1.165, 1.54) is 0 Å². The first-order valence-electron chi connectivity index (χ1n) is 9.23. The molecule has 0 radical (unpaired) electrons. The summed E-state index contributed by atoms with van der Waals surface area (Å²) in [5.41, 5.74) is 3.16. The van der Waals surface area contributed by atoms with Crippen molar-refractivity contribution in [3.63, 3.8) is 0 Å². The predicted molar refractivity (Wildman–Crippen MR) is 115 cm³/mol. The summed E-state index contributed by atoms with van der Waals surface area (Å²) in [7, 11) is 0. The van der Waals surface area contributed by atoms with E-state index in [0.717, 1.165) is 5.39 Å². The zero-order valence-corrected chi connectivity index (χ0v) is 15.6. The van der Waals surface area contributed by atoms with Crippen LogP contribution in [0.2, 0.25) is 0 Å². The number of hydrogen-bond donors (Lipinski definition) is 3. The lowest BCUT2D eigenvalue weighted by Crippen LogP contribution is -2.11. The van der Waals surface area contributed by atoms with Gasteiger partial charge in [-0.1, -0.05) is 30.3 Å². The number of carbonyl (C=O) groups excluding carboxylic acids is 1. The highest BCUT2D eigenvalue weighted by molar-refractivity contribution is 6.05. The minimum absolute atomic E-state index is 0.302. The molecule has 30 heavy (non-hydrogen) atoms. The second-order valence-corrected chi connectivity index (χ2v) is 6.86. The largest absolute Gasteiger partial charge is 0.422 e. The van der Waals surface area contributed by atoms with Crippen molar-refractivity contribution >= 4 is 33.6 Å². The van der Waals surface area contributed by atoms with Gasteiger partial charge in [0.05, 0.1) is 16.6 Å². The zero-order chi connectivity index (χ0) is 20.7. The second-order valence-electron chi connectivity index (χ2n) is 6.86. The molecular weight excluding hydrogens is 382 g/mol. The summed E-state index contributed by atoms with van der Waals surface area (Å²) >= 11 is 0. The summed E-state index contributed by atoms with van der Waals surface area (Å²) in [6.45, 7) is 0. The Morgan fingerprint density at radius 2 is 1.60 bits per heavy atom. The Bertz CT molecular complexity index is 1520. The van der Waals surface area contributed by atoms with Crippen molar-refractivity contribution in [1.82, 2.24) is 9.97 Å². The standard InChI is InChI=1S/C23H15N3O4/c27-21(24-16-9-10-18-19(12-16)26-23(29)25-18)14-7-5-13(6-8-14)17-11-15-3-1-2-4-20(15)30-22(17)28/h1-12H,(H,24,27)(H2,25,26,29). The molecular formula is C23H15N3O4. The fourth-order valence-corrected chi connectivity index (χ4v) is 3.38. The van der Waals surface area contributed by atoms with Gasteiger partial charge in [-0.3, -0.25) is 4.79 Å². The molecule has 146 valence electrons. The van der Waals surface area contributed by atoms with Crippen molar-refractivity contribution in [3.8, 4) is 11.1 Å². The predicted octanol–water partition coefficient (Wildman–Crippen LogP) is 3.88. The molecule has 0 unspecified atom stereocenters. The maximum atomic E-state index is 12.6. The number of rotatable bonds is 3. The fraction of sp³-hybridized carbons (Fsp3) is 0. The molecule has 0 aliphatic heterocycles. The molecule has 7 heteroatoms. The number of anilines is 1. The van der Waals surface area contributed by atoms with Crippen LogP contribution in [-0.4, -0.2) is 15.9 Å². The lowest BCUT2D eigenvalue weighted by molar-refractivity contribution is 0.102.